The van der Waals surface area contributed by atoms with Crippen molar-refractivity contribution in [3.63, 3.8) is 0 Å². The lowest BCUT2D eigenvalue weighted by molar-refractivity contribution is -0.155. The number of hydrogen-bond acceptors (Lipinski definition) is 4. The molecule has 6 heteroatoms. The maximum absolute atomic E-state index is 12.5. The minimum absolute atomic E-state index is 0.254. The largest absolute Gasteiger partial charge is 0.482 e. The van der Waals surface area contributed by atoms with Crippen LogP contribution in [0.1, 0.15) is 43.4 Å². The Hall–Kier alpha value is -2.53. The van der Waals surface area contributed by atoms with E-state index in [0.717, 1.165) is 22.4 Å². The van der Waals surface area contributed by atoms with E-state index in [1.54, 1.807) is 18.2 Å². The van der Waals surface area contributed by atoms with Crippen LogP contribution in [-0.4, -0.2) is 24.6 Å². The first-order valence-electron chi connectivity index (χ1n) is 9.17. The number of para-hydroxylation sites is 1. The van der Waals surface area contributed by atoms with Gasteiger partial charge in [0.15, 0.2) is 12.7 Å². The van der Waals surface area contributed by atoms with Crippen molar-refractivity contribution in [3.05, 3.63) is 58.1 Å². The molecule has 1 amide bonds. The lowest BCUT2D eigenvalue weighted by atomic mass is 9.98. The van der Waals surface area contributed by atoms with Crippen molar-refractivity contribution in [3.8, 4) is 5.75 Å². The highest BCUT2D eigenvalue weighted by Crippen LogP contribution is 2.27. The second kappa shape index (κ2) is 9.60. The van der Waals surface area contributed by atoms with Gasteiger partial charge in [-0.2, -0.15) is 0 Å². The number of hydrogen-bond donors (Lipinski definition) is 1. The van der Waals surface area contributed by atoms with Gasteiger partial charge in [0, 0.05) is 10.7 Å². The molecule has 0 bridgehead atoms. The molecule has 0 aliphatic carbocycles. The van der Waals surface area contributed by atoms with Gasteiger partial charge >= 0.3 is 5.97 Å². The number of esters is 1. The van der Waals surface area contributed by atoms with Crippen molar-refractivity contribution in [1.82, 2.24) is 0 Å². The maximum Gasteiger partial charge on any atom is 0.344 e. The molecule has 0 aliphatic heterocycles. The average molecular weight is 404 g/mol. The van der Waals surface area contributed by atoms with Crippen LogP contribution in [0.4, 0.5) is 5.69 Å². The third-order valence-electron chi connectivity index (χ3n) is 4.34. The summed E-state index contributed by atoms with van der Waals surface area (Å²) in [5, 5.41) is 3.48. The molecule has 150 valence electrons. The van der Waals surface area contributed by atoms with E-state index >= 15 is 0 Å². The monoisotopic (exact) mass is 403 g/mol. The van der Waals surface area contributed by atoms with Crippen molar-refractivity contribution < 1.29 is 19.1 Å². The number of ether oxygens (including phenoxy) is 2. The molecule has 1 atom stereocenters. The van der Waals surface area contributed by atoms with E-state index in [1.807, 2.05) is 32.0 Å². The van der Waals surface area contributed by atoms with Gasteiger partial charge in [-0.25, -0.2) is 4.79 Å². The highest BCUT2D eigenvalue weighted by Gasteiger charge is 2.20. The molecule has 0 fully saturated rings. The van der Waals surface area contributed by atoms with Crippen molar-refractivity contribution in [2.75, 3.05) is 11.9 Å². The molecule has 0 spiro atoms. The maximum atomic E-state index is 12.5. The van der Waals surface area contributed by atoms with Gasteiger partial charge in [0.25, 0.3) is 5.91 Å². The number of benzene rings is 2. The van der Waals surface area contributed by atoms with Crippen molar-refractivity contribution >= 4 is 29.2 Å². The molecule has 1 N–H and O–H groups in total. The molecule has 0 saturated carbocycles. The Bertz CT molecular complexity index is 864. The molecular weight excluding hydrogens is 378 g/mol. The molecule has 5 nitrogen and oxygen atoms in total. The summed E-state index contributed by atoms with van der Waals surface area (Å²) in [5.41, 5.74) is 3.57. The first kappa shape index (κ1) is 21.8. The van der Waals surface area contributed by atoms with Gasteiger partial charge in [-0.3, -0.25) is 4.79 Å². The lowest BCUT2D eigenvalue weighted by Crippen LogP contribution is -2.32. The van der Waals surface area contributed by atoms with Gasteiger partial charge in [0.05, 0.1) is 0 Å². The predicted octanol–water partition coefficient (Wildman–Crippen LogP) is 5.03. The van der Waals surface area contributed by atoms with Gasteiger partial charge in [0.2, 0.25) is 0 Å². The molecule has 2 aromatic rings. The van der Waals surface area contributed by atoms with Crippen LogP contribution in [0.15, 0.2) is 36.4 Å². The fraction of sp³-hybridized carbons (Fsp3) is 0.364. The summed E-state index contributed by atoms with van der Waals surface area (Å²) in [6.45, 7) is 9.13. The Kier molecular flexibility index (Phi) is 7.46. The van der Waals surface area contributed by atoms with Crippen LogP contribution in [0, 0.1) is 13.8 Å². The number of carbonyl (C=O) groups is 2. The molecule has 28 heavy (non-hydrogen) atoms. The van der Waals surface area contributed by atoms with Crippen LogP contribution in [0.25, 0.3) is 0 Å². The van der Waals surface area contributed by atoms with Crippen LogP contribution in [0.2, 0.25) is 5.02 Å². The number of nitrogens with one attached hydrogen (secondary N) is 1. The molecule has 0 saturated heterocycles. The van der Waals surface area contributed by atoms with Crippen LogP contribution in [-0.2, 0) is 14.3 Å². The van der Waals surface area contributed by atoms with Gasteiger partial charge in [-0.1, -0.05) is 43.6 Å². The normalized spacial score (nSPS) is 11.8. The third-order valence-corrected chi connectivity index (χ3v) is 4.57. The van der Waals surface area contributed by atoms with Crippen LogP contribution >= 0.6 is 11.6 Å². The Morgan fingerprint density at radius 3 is 2.43 bits per heavy atom. The molecule has 0 aliphatic rings. The first-order valence-corrected chi connectivity index (χ1v) is 9.55. The highest BCUT2D eigenvalue weighted by molar-refractivity contribution is 6.30. The second-order valence-electron chi connectivity index (χ2n) is 7.01. The zero-order valence-corrected chi connectivity index (χ0v) is 17.6. The quantitative estimate of drug-likeness (QED) is 0.658. The van der Waals surface area contributed by atoms with Crippen LogP contribution in [0.3, 0.4) is 0 Å². The van der Waals surface area contributed by atoms with Gasteiger partial charge in [-0.05, 0) is 61.6 Å². The molecular formula is C22H26ClNO4. The number of rotatable bonds is 7. The van der Waals surface area contributed by atoms with Crippen molar-refractivity contribution in [2.45, 2.75) is 46.6 Å². The number of carbonyl (C=O) groups excluding carboxylic acids is 2. The lowest BCUT2D eigenvalue weighted by Gasteiger charge is -2.19. The fourth-order valence-electron chi connectivity index (χ4n) is 2.76. The molecule has 2 aromatic carbocycles. The Morgan fingerprint density at radius 2 is 1.79 bits per heavy atom. The standard InChI is InChI=1S/C22H26ClNO4/c1-13(2)18-8-6-7-14(3)21(18)24-22(26)16(5)28-20(25)12-27-19-10-9-17(23)11-15(19)4/h6-11,13,16H,12H2,1-5H3,(H,24,26)/t16-/m1/s1. The van der Waals surface area contributed by atoms with Crippen molar-refractivity contribution in [1.29, 1.82) is 0 Å². The summed E-state index contributed by atoms with van der Waals surface area (Å²) in [6.07, 6.45) is -0.943. The van der Waals surface area contributed by atoms with Crippen LogP contribution in [0.5, 0.6) is 5.75 Å². The van der Waals surface area contributed by atoms with Crippen molar-refractivity contribution in [2.24, 2.45) is 0 Å². The summed E-state index contributed by atoms with van der Waals surface area (Å²) in [4.78, 5) is 24.5. The molecule has 0 aromatic heterocycles. The van der Waals surface area contributed by atoms with E-state index in [0.29, 0.717) is 10.8 Å². The van der Waals surface area contributed by atoms with E-state index in [2.05, 4.69) is 19.2 Å². The molecule has 0 heterocycles. The Morgan fingerprint density at radius 1 is 1.07 bits per heavy atom. The zero-order valence-electron chi connectivity index (χ0n) is 16.8. The molecule has 0 radical (unpaired) electrons. The van der Waals surface area contributed by atoms with E-state index in [-0.39, 0.29) is 18.4 Å². The average Bonchev–Trinajstić information content (AvgIpc) is 2.62. The topological polar surface area (TPSA) is 64.6 Å². The van der Waals surface area contributed by atoms with E-state index < -0.39 is 12.1 Å². The predicted molar refractivity (Wildman–Crippen MR) is 111 cm³/mol. The fourth-order valence-corrected chi connectivity index (χ4v) is 2.99. The van der Waals surface area contributed by atoms with E-state index in [1.165, 1.54) is 6.92 Å². The first-order chi connectivity index (χ1) is 13.2. The summed E-state index contributed by atoms with van der Waals surface area (Å²) in [5.74, 6) is -0.206. The Balaban J connectivity index is 1.94. The zero-order chi connectivity index (χ0) is 20.8. The third kappa shape index (κ3) is 5.73. The Labute approximate surface area is 171 Å². The smallest absolute Gasteiger partial charge is 0.344 e. The summed E-state index contributed by atoms with van der Waals surface area (Å²) in [6, 6.07) is 11.0. The number of anilines is 1. The molecule has 0 unspecified atom stereocenters. The summed E-state index contributed by atoms with van der Waals surface area (Å²) >= 11 is 5.90. The number of aryl methyl sites for hydroxylation is 2. The minimum atomic E-state index is -0.943. The number of halogens is 1. The highest BCUT2D eigenvalue weighted by atomic mass is 35.5. The van der Waals surface area contributed by atoms with Gasteiger partial charge < -0.3 is 14.8 Å². The van der Waals surface area contributed by atoms with E-state index in [4.69, 9.17) is 21.1 Å². The summed E-state index contributed by atoms with van der Waals surface area (Å²) < 4.78 is 10.7. The second-order valence-corrected chi connectivity index (χ2v) is 7.45. The van der Waals surface area contributed by atoms with Crippen LogP contribution < -0.4 is 10.1 Å². The number of amides is 1. The molecule has 2 rings (SSSR count). The minimum Gasteiger partial charge on any atom is -0.482 e. The van der Waals surface area contributed by atoms with Gasteiger partial charge in [0.1, 0.15) is 5.75 Å². The SMILES string of the molecule is Cc1cc(Cl)ccc1OCC(=O)O[C@H](C)C(=O)Nc1c(C)cccc1C(C)C. The van der Waals surface area contributed by atoms with E-state index in [9.17, 15) is 9.59 Å². The summed E-state index contributed by atoms with van der Waals surface area (Å²) in [7, 11) is 0. The van der Waals surface area contributed by atoms with Gasteiger partial charge in [-0.15, -0.1) is 0 Å².